The van der Waals surface area contributed by atoms with Crippen LogP contribution in [-0.2, 0) is 14.3 Å². The van der Waals surface area contributed by atoms with E-state index in [0.29, 0.717) is 22.5 Å². The SMILES string of the molecule is CCCC1=CC2=C(CO1)C(=O)C(C)(OC(=O)c1c(C)cc(OC)cc1O)C(O)C2. The molecule has 0 amide bonds. The number of allylic oxidation sites excluding steroid dienone is 2. The number of hydrogen-bond acceptors (Lipinski definition) is 7. The van der Waals surface area contributed by atoms with Gasteiger partial charge in [0.05, 0.1) is 12.9 Å². The van der Waals surface area contributed by atoms with Gasteiger partial charge in [-0.3, -0.25) is 4.79 Å². The molecule has 3 rings (SSSR count). The molecule has 0 aromatic heterocycles. The first-order chi connectivity index (χ1) is 13.7. The second-order valence-electron chi connectivity index (χ2n) is 7.54. The molecule has 0 spiro atoms. The number of carbonyl (C=O) groups excluding carboxylic acids is 2. The lowest BCUT2D eigenvalue weighted by Gasteiger charge is -2.39. The minimum Gasteiger partial charge on any atom is -0.507 e. The van der Waals surface area contributed by atoms with Crippen LogP contribution in [0.3, 0.4) is 0 Å². The zero-order valence-electron chi connectivity index (χ0n) is 17.1. The van der Waals surface area contributed by atoms with Crippen LogP contribution < -0.4 is 4.74 Å². The molecule has 2 aliphatic rings. The van der Waals surface area contributed by atoms with Crippen LogP contribution in [0.25, 0.3) is 0 Å². The zero-order valence-corrected chi connectivity index (χ0v) is 17.1. The van der Waals surface area contributed by atoms with Crippen molar-refractivity contribution in [1.29, 1.82) is 0 Å². The van der Waals surface area contributed by atoms with Gasteiger partial charge < -0.3 is 24.4 Å². The van der Waals surface area contributed by atoms with Gasteiger partial charge in [0.25, 0.3) is 0 Å². The van der Waals surface area contributed by atoms with E-state index in [9.17, 15) is 19.8 Å². The van der Waals surface area contributed by atoms with E-state index in [1.54, 1.807) is 19.1 Å². The number of carbonyl (C=O) groups is 2. The average Bonchev–Trinajstić information content (AvgIpc) is 2.66. The van der Waals surface area contributed by atoms with Gasteiger partial charge >= 0.3 is 5.97 Å². The van der Waals surface area contributed by atoms with Crippen LogP contribution in [-0.4, -0.2) is 47.4 Å². The quantitative estimate of drug-likeness (QED) is 0.730. The molecule has 0 bridgehead atoms. The molecule has 2 unspecified atom stereocenters. The van der Waals surface area contributed by atoms with Crippen molar-refractivity contribution in [3.63, 3.8) is 0 Å². The summed E-state index contributed by atoms with van der Waals surface area (Å²) in [5, 5.41) is 20.9. The van der Waals surface area contributed by atoms with Gasteiger partial charge in [-0.05, 0) is 43.5 Å². The van der Waals surface area contributed by atoms with Crippen LogP contribution in [0.1, 0.15) is 49.0 Å². The summed E-state index contributed by atoms with van der Waals surface area (Å²) in [7, 11) is 1.45. The number of phenolic OH excluding ortho intramolecular Hbond substituents is 1. The molecule has 1 aliphatic heterocycles. The Morgan fingerprint density at radius 2 is 2.10 bits per heavy atom. The molecule has 7 heteroatoms. The van der Waals surface area contributed by atoms with Crippen molar-refractivity contribution >= 4 is 11.8 Å². The lowest BCUT2D eigenvalue weighted by molar-refractivity contribution is -0.147. The van der Waals surface area contributed by atoms with Crippen molar-refractivity contribution in [2.75, 3.05) is 13.7 Å². The van der Waals surface area contributed by atoms with Gasteiger partial charge in [-0.25, -0.2) is 4.79 Å². The monoisotopic (exact) mass is 402 g/mol. The fourth-order valence-corrected chi connectivity index (χ4v) is 3.70. The van der Waals surface area contributed by atoms with Crippen molar-refractivity contribution in [2.24, 2.45) is 0 Å². The van der Waals surface area contributed by atoms with Gasteiger partial charge in [0.15, 0.2) is 5.60 Å². The number of ether oxygens (including phenoxy) is 3. The van der Waals surface area contributed by atoms with E-state index >= 15 is 0 Å². The Balaban J connectivity index is 1.90. The number of esters is 1. The normalized spacial score (nSPS) is 23.8. The van der Waals surface area contributed by atoms with Crippen LogP contribution >= 0.6 is 0 Å². The Morgan fingerprint density at radius 3 is 2.72 bits per heavy atom. The lowest BCUT2D eigenvalue weighted by Crippen LogP contribution is -2.54. The fourth-order valence-electron chi connectivity index (χ4n) is 3.70. The highest BCUT2D eigenvalue weighted by Crippen LogP contribution is 2.38. The number of Topliss-reactive ketones (excluding diaryl/α,β-unsaturated/α-hetero) is 1. The Morgan fingerprint density at radius 1 is 1.38 bits per heavy atom. The number of aromatic hydroxyl groups is 1. The van der Waals surface area contributed by atoms with Crippen molar-refractivity contribution in [3.05, 3.63) is 46.2 Å². The second-order valence-corrected chi connectivity index (χ2v) is 7.54. The molecule has 1 aliphatic carbocycles. The molecule has 0 radical (unpaired) electrons. The Kier molecular flexibility index (Phi) is 5.71. The van der Waals surface area contributed by atoms with E-state index in [1.165, 1.54) is 20.1 Å². The predicted molar refractivity (Wildman–Crippen MR) is 105 cm³/mol. The molecule has 156 valence electrons. The number of aliphatic hydroxyl groups is 1. The minimum atomic E-state index is -1.77. The third-order valence-electron chi connectivity index (χ3n) is 5.43. The van der Waals surface area contributed by atoms with Gasteiger partial charge in [0.2, 0.25) is 5.78 Å². The van der Waals surface area contributed by atoms with E-state index < -0.39 is 23.5 Å². The van der Waals surface area contributed by atoms with Crippen LogP contribution in [0.4, 0.5) is 0 Å². The summed E-state index contributed by atoms with van der Waals surface area (Å²) in [6, 6.07) is 2.87. The smallest absolute Gasteiger partial charge is 0.343 e. The Labute approximate surface area is 169 Å². The number of aryl methyl sites for hydroxylation is 1. The standard InChI is InChI=1S/C22H26O7/c1-5-6-14-8-13-9-18(24)22(3,20(25)16(13)11-28-14)29-21(26)19-12(2)7-15(27-4)10-17(19)23/h7-8,10,18,23-24H,5-6,9,11H2,1-4H3. The first kappa shape index (κ1) is 20.9. The van der Waals surface area contributed by atoms with Crippen molar-refractivity contribution in [3.8, 4) is 11.5 Å². The van der Waals surface area contributed by atoms with Gasteiger partial charge in [-0.2, -0.15) is 0 Å². The summed E-state index contributed by atoms with van der Waals surface area (Å²) in [4.78, 5) is 25.9. The van der Waals surface area contributed by atoms with Gasteiger partial charge in [-0.15, -0.1) is 0 Å². The van der Waals surface area contributed by atoms with Gasteiger partial charge in [0, 0.05) is 24.5 Å². The highest BCUT2D eigenvalue weighted by Gasteiger charge is 2.50. The van der Waals surface area contributed by atoms with Gasteiger partial charge in [0.1, 0.15) is 29.8 Å². The van der Waals surface area contributed by atoms with Crippen LogP contribution in [0.5, 0.6) is 11.5 Å². The van der Waals surface area contributed by atoms with Gasteiger partial charge in [-0.1, -0.05) is 6.92 Å². The molecule has 7 nitrogen and oxygen atoms in total. The maximum atomic E-state index is 13.1. The molecule has 0 saturated heterocycles. The molecule has 1 aromatic rings. The highest BCUT2D eigenvalue weighted by atomic mass is 16.6. The first-order valence-electron chi connectivity index (χ1n) is 9.60. The number of hydrogen-bond donors (Lipinski definition) is 2. The highest BCUT2D eigenvalue weighted by molar-refractivity contribution is 6.07. The van der Waals surface area contributed by atoms with Crippen LogP contribution in [0, 0.1) is 6.92 Å². The summed E-state index contributed by atoms with van der Waals surface area (Å²) in [6.07, 6.45) is 2.42. The summed E-state index contributed by atoms with van der Waals surface area (Å²) in [6.45, 7) is 5.13. The lowest BCUT2D eigenvalue weighted by atomic mass is 9.77. The third-order valence-corrected chi connectivity index (χ3v) is 5.43. The predicted octanol–water partition coefficient (Wildman–Crippen LogP) is 2.97. The number of rotatable bonds is 5. The molecule has 2 N–H and O–H groups in total. The van der Waals surface area contributed by atoms with E-state index in [1.807, 2.05) is 6.92 Å². The summed E-state index contributed by atoms with van der Waals surface area (Å²) < 4.78 is 16.2. The molecular weight excluding hydrogens is 376 g/mol. The molecule has 1 aromatic carbocycles. The molecular formula is C22H26O7. The third kappa shape index (κ3) is 3.74. The minimum absolute atomic E-state index is 0.0724. The summed E-state index contributed by atoms with van der Waals surface area (Å²) >= 11 is 0. The molecule has 2 atom stereocenters. The average molecular weight is 402 g/mol. The Hall–Kier alpha value is -2.80. The van der Waals surface area contributed by atoms with Crippen LogP contribution in [0.15, 0.2) is 35.1 Å². The summed E-state index contributed by atoms with van der Waals surface area (Å²) in [5.41, 5.74) is -0.290. The van der Waals surface area contributed by atoms with E-state index in [2.05, 4.69) is 0 Å². The maximum Gasteiger partial charge on any atom is 0.343 e. The maximum absolute atomic E-state index is 13.1. The topological polar surface area (TPSA) is 102 Å². The molecule has 0 fully saturated rings. The number of aliphatic hydroxyl groups excluding tert-OH is 1. The molecule has 0 saturated carbocycles. The van der Waals surface area contributed by atoms with Crippen molar-refractivity contribution in [2.45, 2.75) is 51.7 Å². The number of phenols is 1. The first-order valence-corrected chi connectivity index (χ1v) is 9.60. The van der Waals surface area contributed by atoms with Crippen molar-refractivity contribution in [1.82, 2.24) is 0 Å². The number of methoxy groups -OCH3 is 1. The molecule has 29 heavy (non-hydrogen) atoms. The second kappa shape index (κ2) is 7.91. The molecule has 1 heterocycles. The number of benzene rings is 1. The Bertz CT molecular complexity index is 889. The van der Waals surface area contributed by atoms with Crippen LogP contribution in [0.2, 0.25) is 0 Å². The van der Waals surface area contributed by atoms with E-state index in [-0.39, 0.29) is 24.3 Å². The number of ketones is 1. The summed E-state index contributed by atoms with van der Waals surface area (Å²) in [5.74, 6) is -0.523. The fraction of sp³-hybridized carbons (Fsp3) is 0.455. The zero-order chi connectivity index (χ0) is 21.3. The van der Waals surface area contributed by atoms with E-state index in [4.69, 9.17) is 14.2 Å². The van der Waals surface area contributed by atoms with E-state index in [0.717, 1.165) is 18.6 Å². The largest absolute Gasteiger partial charge is 0.507 e. The van der Waals surface area contributed by atoms with Crippen molar-refractivity contribution < 1.29 is 34.0 Å².